The summed E-state index contributed by atoms with van der Waals surface area (Å²) in [5, 5.41) is 0. The van der Waals surface area contributed by atoms with Gasteiger partial charge in [-0.1, -0.05) is 22.6 Å². The number of rotatable bonds is 4. The molecule has 0 aromatic rings. The molecule has 0 aromatic heterocycles. The molecule has 0 aliphatic carbocycles. The molecule has 3 heteroatoms. The van der Waals surface area contributed by atoms with Crippen molar-refractivity contribution in [1.82, 2.24) is 4.90 Å². The Morgan fingerprint density at radius 2 is 2.45 bits per heavy atom. The lowest BCUT2D eigenvalue weighted by Crippen LogP contribution is -2.27. The van der Waals surface area contributed by atoms with Gasteiger partial charge in [-0.2, -0.15) is 0 Å². The average molecular weight is 269 g/mol. The van der Waals surface area contributed by atoms with E-state index in [1.54, 1.807) is 0 Å². The molecule has 66 valence electrons. The van der Waals surface area contributed by atoms with Crippen molar-refractivity contribution in [2.24, 2.45) is 5.92 Å². The van der Waals surface area contributed by atoms with Crippen molar-refractivity contribution in [2.45, 2.75) is 6.42 Å². The third kappa shape index (κ3) is 3.71. The molecular weight excluding hydrogens is 253 g/mol. The smallest absolute Gasteiger partial charge is 0.0507 e. The van der Waals surface area contributed by atoms with E-state index in [0.717, 1.165) is 19.1 Å². The van der Waals surface area contributed by atoms with Crippen molar-refractivity contribution in [3.05, 3.63) is 0 Å². The van der Waals surface area contributed by atoms with Crippen molar-refractivity contribution < 1.29 is 4.74 Å². The van der Waals surface area contributed by atoms with Gasteiger partial charge in [0.05, 0.1) is 6.61 Å². The van der Waals surface area contributed by atoms with Gasteiger partial charge in [-0.3, -0.25) is 0 Å². The Morgan fingerprint density at radius 1 is 1.64 bits per heavy atom. The maximum absolute atomic E-state index is 5.31. The van der Waals surface area contributed by atoms with Gasteiger partial charge in [0.15, 0.2) is 0 Å². The van der Waals surface area contributed by atoms with E-state index in [2.05, 4.69) is 34.5 Å². The quantitative estimate of drug-likeness (QED) is 0.565. The molecule has 0 spiro atoms. The van der Waals surface area contributed by atoms with Gasteiger partial charge in [0, 0.05) is 24.1 Å². The Kier molecular flexibility index (Phi) is 4.71. The van der Waals surface area contributed by atoms with Crippen molar-refractivity contribution in [1.29, 1.82) is 0 Å². The molecule has 1 unspecified atom stereocenters. The first-order valence-corrected chi connectivity index (χ1v) is 5.67. The minimum absolute atomic E-state index is 0.794. The Labute approximate surface area is 82.4 Å². The van der Waals surface area contributed by atoms with E-state index >= 15 is 0 Å². The molecule has 0 N–H and O–H groups in total. The van der Waals surface area contributed by atoms with Crippen LogP contribution in [0.4, 0.5) is 0 Å². The van der Waals surface area contributed by atoms with Gasteiger partial charge in [-0.05, 0) is 19.4 Å². The molecule has 1 atom stereocenters. The number of alkyl halides is 1. The summed E-state index contributed by atoms with van der Waals surface area (Å²) in [6.45, 7) is 4.37. The molecule has 1 aliphatic rings. The molecule has 0 saturated carbocycles. The summed E-state index contributed by atoms with van der Waals surface area (Å²) >= 11 is 2.42. The predicted molar refractivity (Wildman–Crippen MR) is 55.3 cm³/mol. The Hall–Kier alpha value is 0.650. The summed E-state index contributed by atoms with van der Waals surface area (Å²) in [5.74, 6) is 0.794. The Balaban J connectivity index is 2.08. The van der Waals surface area contributed by atoms with E-state index in [9.17, 15) is 0 Å². The van der Waals surface area contributed by atoms with Crippen LogP contribution >= 0.6 is 22.6 Å². The summed E-state index contributed by atoms with van der Waals surface area (Å²) < 4.78 is 6.53. The maximum atomic E-state index is 5.31. The van der Waals surface area contributed by atoms with Crippen molar-refractivity contribution >= 4 is 22.6 Å². The van der Waals surface area contributed by atoms with Gasteiger partial charge in [0.25, 0.3) is 0 Å². The van der Waals surface area contributed by atoms with Crippen LogP contribution in [0.25, 0.3) is 0 Å². The second-order valence-electron chi connectivity index (χ2n) is 3.18. The van der Waals surface area contributed by atoms with Crippen LogP contribution in [0.15, 0.2) is 0 Å². The van der Waals surface area contributed by atoms with E-state index in [-0.39, 0.29) is 0 Å². The van der Waals surface area contributed by atoms with E-state index in [1.807, 2.05) is 0 Å². The van der Waals surface area contributed by atoms with Crippen LogP contribution in [0.5, 0.6) is 0 Å². The van der Waals surface area contributed by atoms with Crippen LogP contribution in [0, 0.1) is 5.92 Å². The second-order valence-corrected chi connectivity index (χ2v) is 4.26. The number of ether oxygens (including phenoxy) is 1. The van der Waals surface area contributed by atoms with Crippen LogP contribution in [0.2, 0.25) is 0 Å². The molecule has 1 saturated heterocycles. The highest BCUT2D eigenvalue weighted by Crippen LogP contribution is 2.12. The normalized spacial score (nSPS) is 24.8. The molecule has 1 aliphatic heterocycles. The monoisotopic (exact) mass is 269 g/mol. The lowest BCUT2D eigenvalue weighted by Gasteiger charge is -2.18. The number of hydrogen-bond acceptors (Lipinski definition) is 2. The fraction of sp³-hybridized carbons (Fsp3) is 1.00. The first-order valence-electron chi connectivity index (χ1n) is 4.15. The zero-order chi connectivity index (χ0) is 8.10. The van der Waals surface area contributed by atoms with Crippen molar-refractivity contribution in [3.8, 4) is 0 Å². The van der Waals surface area contributed by atoms with Gasteiger partial charge in [-0.15, -0.1) is 0 Å². The van der Waals surface area contributed by atoms with E-state index in [1.165, 1.54) is 23.9 Å². The van der Waals surface area contributed by atoms with Crippen LogP contribution in [0.1, 0.15) is 6.42 Å². The molecule has 0 amide bonds. The van der Waals surface area contributed by atoms with Gasteiger partial charge in [-0.25, -0.2) is 0 Å². The third-order valence-corrected chi connectivity index (χ3v) is 2.54. The highest BCUT2D eigenvalue weighted by molar-refractivity contribution is 14.1. The van der Waals surface area contributed by atoms with Crippen LogP contribution in [-0.4, -0.2) is 42.7 Å². The van der Waals surface area contributed by atoms with Crippen molar-refractivity contribution in [3.63, 3.8) is 0 Å². The topological polar surface area (TPSA) is 12.5 Å². The van der Waals surface area contributed by atoms with Crippen molar-refractivity contribution in [2.75, 3.05) is 37.8 Å². The second kappa shape index (κ2) is 5.32. The summed E-state index contributed by atoms with van der Waals surface area (Å²) in [6, 6.07) is 0. The van der Waals surface area contributed by atoms with Gasteiger partial charge in [0.1, 0.15) is 0 Å². The SMILES string of the molecule is CN(CCI)CC1CCOC1. The highest BCUT2D eigenvalue weighted by atomic mass is 127. The number of halogens is 1. The van der Waals surface area contributed by atoms with Crippen LogP contribution in [-0.2, 0) is 4.74 Å². The molecule has 0 radical (unpaired) electrons. The number of nitrogens with zero attached hydrogens (tertiary/aromatic N) is 1. The molecule has 0 aromatic carbocycles. The zero-order valence-corrected chi connectivity index (χ0v) is 9.21. The zero-order valence-electron chi connectivity index (χ0n) is 7.05. The first-order chi connectivity index (χ1) is 5.33. The minimum Gasteiger partial charge on any atom is -0.381 e. The molecular formula is C8H16INO. The third-order valence-electron chi connectivity index (χ3n) is 2.06. The Morgan fingerprint density at radius 3 is 3.00 bits per heavy atom. The van der Waals surface area contributed by atoms with Crippen LogP contribution in [0.3, 0.4) is 0 Å². The molecule has 0 bridgehead atoms. The molecule has 1 heterocycles. The minimum atomic E-state index is 0.794. The summed E-state index contributed by atoms with van der Waals surface area (Å²) in [4.78, 5) is 2.39. The standard InChI is InChI=1S/C8H16INO/c1-10(4-3-9)6-8-2-5-11-7-8/h8H,2-7H2,1H3. The molecule has 11 heavy (non-hydrogen) atoms. The lowest BCUT2D eigenvalue weighted by atomic mass is 10.1. The summed E-state index contributed by atoms with van der Waals surface area (Å²) in [7, 11) is 2.19. The molecule has 1 rings (SSSR count). The van der Waals surface area contributed by atoms with Gasteiger partial charge < -0.3 is 9.64 Å². The summed E-state index contributed by atoms with van der Waals surface area (Å²) in [6.07, 6.45) is 1.26. The van der Waals surface area contributed by atoms with E-state index in [4.69, 9.17) is 4.74 Å². The average Bonchev–Trinajstić information content (AvgIpc) is 2.40. The van der Waals surface area contributed by atoms with Gasteiger partial charge >= 0.3 is 0 Å². The predicted octanol–water partition coefficient (Wildman–Crippen LogP) is 1.39. The molecule has 2 nitrogen and oxygen atoms in total. The number of hydrogen-bond donors (Lipinski definition) is 0. The molecule has 1 fully saturated rings. The van der Waals surface area contributed by atoms with E-state index in [0.29, 0.717) is 0 Å². The van der Waals surface area contributed by atoms with E-state index < -0.39 is 0 Å². The largest absolute Gasteiger partial charge is 0.381 e. The highest BCUT2D eigenvalue weighted by Gasteiger charge is 2.16. The summed E-state index contributed by atoms with van der Waals surface area (Å²) in [5.41, 5.74) is 0. The fourth-order valence-corrected chi connectivity index (χ4v) is 2.23. The Bertz CT molecular complexity index is 104. The maximum Gasteiger partial charge on any atom is 0.0507 e. The fourth-order valence-electron chi connectivity index (χ4n) is 1.40. The van der Waals surface area contributed by atoms with Crippen LogP contribution < -0.4 is 0 Å². The van der Waals surface area contributed by atoms with Gasteiger partial charge in [0.2, 0.25) is 0 Å². The first kappa shape index (κ1) is 9.74. The lowest BCUT2D eigenvalue weighted by molar-refractivity contribution is 0.175.